The Kier molecular flexibility index (Phi) is 11.3. The number of ether oxygens (including phenoxy) is 3. The number of thiophene rings is 1. The lowest BCUT2D eigenvalue weighted by molar-refractivity contribution is -0.153. The second kappa shape index (κ2) is 14.2. The Labute approximate surface area is 251 Å². The van der Waals surface area contributed by atoms with E-state index < -0.39 is 18.1 Å². The second-order valence-electron chi connectivity index (χ2n) is 9.98. The molecule has 1 aliphatic rings. The predicted octanol–water partition coefficient (Wildman–Crippen LogP) is 7.12. The quantitative estimate of drug-likeness (QED) is 0.221. The molecule has 1 aromatic heterocycles. The molecule has 0 saturated heterocycles. The molecule has 0 radical (unpaired) electrons. The summed E-state index contributed by atoms with van der Waals surface area (Å²) in [5.74, 6) is 0.533. The highest BCUT2D eigenvalue weighted by Crippen LogP contribution is 2.40. The number of anilines is 1. The first kappa shape index (κ1) is 31.7. The number of nitrogens with two attached hydrogens (primary N) is 1. The summed E-state index contributed by atoms with van der Waals surface area (Å²) in [6.07, 6.45) is 2.13. The molecule has 2 atom stereocenters. The first-order valence-corrected chi connectivity index (χ1v) is 14.4. The van der Waals surface area contributed by atoms with Crippen molar-refractivity contribution in [3.05, 3.63) is 64.0 Å². The largest absolute Gasteiger partial charge is 0.493 e. The maximum atomic E-state index is 13.3. The summed E-state index contributed by atoms with van der Waals surface area (Å²) in [4.78, 5) is 29.2. The van der Waals surface area contributed by atoms with E-state index in [-0.39, 0.29) is 30.8 Å². The van der Waals surface area contributed by atoms with Crippen LogP contribution in [0.5, 0.6) is 11.5 Å². The number of esters is 1. The predicted molar refractivity (Wildman–Crippen MR) is 163 cm³/mol. The molecule has 1 amide bonds. The lowest BCUT2D eigenvalue weighted by Crippen LogP contribution is -2.40. The summed E-state index contributed by atoms with van der Waals surface area (Å²) >= 11 is 7.50. The molecule has 4 rings (SSSR count). The van der Waals surface area contributed by atoms with Gasteiger partial charge in [0.15, 0.2) is 11.5 Å². The summed E-state index contributed by atoms with van der Waals surface area (Å²) in [6.45, 7) is 6.52. The average molecular weight is 608 g/mol. The van der Waals surface area contributed by atoms with Crippen LogP contribution >= 0.6 is 35.3 Å². The SMILES string of the molecule is CCCC[C@H](COc1ccc(N2Cc3cc(-c4ccc(Cl)cc4)sc3C2=O)cc1OC)OC(=O)[C@@H](N)C(C)C.Cl. The number of hydrogen-bond acceptors (Lipinski definition) is 7. The van der Waals surface area contributed by atoms with Crippen molar-refractivity contribution in [3.8, 4) is 21.9 Å². The maximum Gasteiger partial charge on any atom is 0.323 e. The standard InChI is InChI=1S/C30H35ClN2O5S.ClH/c1-5-6-7-23(38-30(35)27(32)18(2)3)17-37-24-13-12-22(15-25(24)36-4)33-16-20-14-26(39-28(20)29(33)34)19-8-10-21(31)11-9-19;/h8-15,18,23,27H,5-7,16-17,32H2,1-4H3;1H/t23-,27+;/m1./s1. The number of nitrogens with zero attached hydrogens (tertiary/aromatic N) is 1. The Bertz CT molecular complexity index is 1310. The van der Waals surface area contributed by atoms with Crippen molar-refractivity contribution in [1.82, 2.24) is 0 Å². The fraction of sp³-hybridized carbons (Fsp3) is 0.400. The lowest BCUT2D eigenvalue weighted by atomic mass is 10.1. The third-order valence-electron chi connectivity index (χ3n) is 6.74. The fourth-order valence-electron chi connectivity index (χ4n) is 4.31. The summed E-state index contributed by atoms with van der Waals surface area (Å²) < 4.78 is 17.3. The van der Waals surface area contributed by atoms with Crippen LogP contribution in [-0.4, -0.2) is 37.7 Å². The van der Waals surface area contributed by atoms with Crippen LogP contribution in [0.1, 0.15) is 55.3 Å². The van der Waals surface area contributed by atoms with E-state index in [4.69, 9.17) is 31.5 Å². The van der Waals surface area contributed by atoms with Gasteiger partial charge in [-0.3, -0.25) is 9.59 Å². The number of halogens is 2. The van der Waals surface area contributed by atoms with Crippen LogP contribution in [0.2, 0.25) is 5.02 Å². The Morgan fingerprint density at radius 3 is 2.48 bits per heavy atom. The Hall–Kier alpha value is -2.78. The molecule has 3 aromatic rings. The van der Waals surface area contributed by atoms with Gasteiger partial charge in [0.2, 0.25) is 0 Å². The molecule has 2 heterocycles. The number of amides is 1. The molecule has 0 saturated carbocycles. The molecule has 2 N–H and O–H groups in total. The Morgan fingerprint density at radius 1 is 1.12 bits per heavy atom. The number of rotatable bonds is 12. The van der Waals surface area contributed by atoms with Crippen molar-refractivity contribution in [2.24, 2.45) is 11.7 Å². The van der Waals surface area contributed by atoms with Gasteiger partial charge in [-0.15, -0.1) is 23.7 Å². The molecule has 10 heteroatoms. The maximum absolute atomic E-state index is 13.3. The first-order valence-electron chi connectivity index (χ1n) is 13.2. The van der Waals surface area contributed by atoms with Gasteiger partial charge in [-0.2, -0.15) is 0 Å². The minimum atomic E-state index is -0.675. The highest BCUT2D eigenvalue weighted by molar-refractivity contribution is 7.17. The molecule has 216 valence electrons. The molecular formula is C30H36Cl2N2O5S. The molecule has 40 heavy (non-hydrogen) atoms. The van der Waals surface area contributed by atoms with Gasteiger partial charge in [0, 0.05) is 21.7 Å². The molecule has 2 aromatic carbocycles. The summed E-state index contributed by atoms with van der Waals surface area (Å²) in [6, 6.07) is 14.4. The number of carbonyl (C=O) groups is 2. The summed E-state index contributed by atoms with van der Waals surface area (Å²) in [7, 11) is 1.56. The van der Waals surface area contributed by atoms with E-state index in [1.807, 2.05) is 44.2 Å². The molecule has 0 fully saturated rings. The van der Waals surface area contributed by atoms with Gasteiger partial charge in [-0.1, -0.05) is 50.9 Å². The monoisotopic (exact) mass is 606 g/mol. The van der Waals surface area contributed by atoms with Gasteiger partial charge < -0.3 is 24.8 Å². The van der Waals surface area contributed by atoms with Gasteiger partial charge in [0.1, 0.15) is 18.8 Å². The van der Waals surface area contributed by atoms with Crippen LogP contribution in [0.25, 0.3) is 10.4 Å². The first-order chi connectivity index (χ1) is 18.7. The third kappa shape index (κ3) is 7.29. The summed E-state index contributed by atoms with van der Waals surface area (Å²) in [5, 5.41) is 0.680. The topological polar surface area (TPSA) is 91.1 Å². The van der Waals surface area contributed by atoms with E-state index in [0.717, 1.165) is 39.4 Å². The third-order valence-corrected chi connectivity index (χ3v) is 8.21. The van der Waals surface area contributed by atoms with E-state index in [0.29, 0.717) is 29.5 Å². The number of benzene rings is 2. The highest BCUT2D eigenvalue weighted by Gasteiger charge is 2.32. The Balaban J connectivity index is 0.00000441. The van der Waals surface area contributed by atoms with Gasteiger partial charge in [0.05, 0.1) is 18.5 Å². The zero-order valence-electron chi connectivity index (χ0n) is 23.1. The van der Waals surface area contributed by atoms with Gasteiger partial charge in [0.25, 0.3) is 5.91 Å². The molecular weight excluding hydrogens is 571 g/mol. The highest BCUT2D eigenvalue weighted by atomic mass is 35.5. The molecule has 0 bridgehead atoms. The van der Waals surface area contributed by atoms with E-state index in [2.05, 4.69) is 13.0 Å². The number of carbonyl (C=O) groups excluding carboxylic acids is 2. The van der Waals surface area contributed by atoms with Crippen molar-refractivity contribution in [2.45, 2.75) is 58.7 Å². The van der Waals surface area contributed by atoms with Crippen LogP contribution < -0.4 is 20.1 Å². The molecule has 1 aliphatic heterocycles. The van der Waals surface area contributed by atoms with E-state index in [1.165, 1.54) is 11.3 Å². The number of hydrogen-bond donors (Lipinski definition) is 1. The Morgan fingerprint density at radius 2 is 1.85 bits per heavy atom. The van der Waals surface area contributed by atoms with E-state index in [1.54, 1.807) is 24.1 Å². The second-order valence-corrected chi connectivity index (χ2v) is 11.5. The number of fused-ring (bicyclic) bond motifs is 1. The number of unbranched alkanes of at least 4 members (excludes halogenated alkanes) is 1. The normalized spacial score (nSPS) is 14.0. The minimum Gasteiger partial charge on any atom is -0.493 e. The van der Waals surface area contributed by atoms with Crippen molar-refractivity contribution < 1.29 is 23.8 Å². The molecule has 0 spiro atoms. The van der Waals surface area contributed by atoms with Crippen molar-refractivity contribution in [3.63, 3.8) is 0 Å². The van der Waals surface area contributed by atoms with Crippen LogP contribution in [0.4, 0.5) is 5.69 Å². The summed E-state index contributed by atoms with van der Waals surface area (Å²) in [5.41, 5.74) is 8.73. The molecule has 0 aliphatic carbocycles. The van der Waals surface area contributed by atoms with Crippen molar-refractivity contribution >= 4 is 52.9 Å². The van der Waals surface area contributed by atoms with Crippen molar-refractivity contribution in [1.29, 1.82) is 0 Å². The number of methoxy groups -OCH3 is 1. The molecule has 0 unspecified atom stereocenters. The van der Waals surface area contributed by atoms with E-state index in [9.17, 15) is 9.59 Å². The zero-order chi connectivity index (χ0) is 28.1. The van der Waals surface area contributed by atoms with Crippen molar-refractivity contribution in [2.75, 3.05) is 18.6 Å². The zero-order valence-corrected chi connectivity index (χ0v) is 25.5. The van der Waals surface area contributed by atoms with Crippen LogP contribution in [0, 0.1) is 5.92 Å². The van der Waals surface area contributed by atoms with Crippen LogP contribution in [0.3, 0.4) is 0 Å². The lowest BCUT2D eigenvalue weighted by Gasteiger charge is -2.23. The minimum absolute atomic E-state index is 0. The van der Waals surface area contributed by atoms with Crippen LogP contribution in [0.15, 0.2) is 48.5 Å². The van der Waals surface area contributed by atoms with Crippen LogP contribution in [-0.2, 0) is 16.1 Å². The molecule has 7 nitrogen and oxygen atoms in total. The van der Waals surface area contributed by atoms with Gasteiger partial charge >= 0.3 is 5.97 Å². The van der Waals surface area contributed by atoms with Gasteiger partial charge in [-0.05, 0) is 60.2 Å². The van der Waals surface area contributed by atoms with Gasteiger partial charge in [-0.25, -0.2) is 0 Å². The smallest absolute Gasteiger partial charge is 0.323 e. The van der Waals surface area contributed by atoms with E-state index >= 15 is 0 Å². The average Bonchev–Trinajstić information content (AvgIpc) is 3.49. The fourth-order valence-corrected chi connectivity index (χ4v) is 5.56.